The molecule has 0 bridgehead atoms. The number of nitrogens with zero attached hydrogens (tertiary/aromatic N) is 2. The number of benzene rings is 3. The number of imide groups is 1. The Bertz CT molecular complexity index is 1520. The number of carboxylic acid groups (broad SMARTS) is 1. The number of hydrogen-bond acceptors (Lipinski definition) is 4. The maximum Gasteiger partial charge on any atom is 0.328 e. The maximum atomic E-state index is 13.9. The van der Waals surface area contributed by atoms with Gasteiger partial charge in [-0.2, -0.15) is 0 Å². The molecule has 0 aliphatic carbocycles. The molecule has 4 rings (SSSR count). The van der Waals surface area contributed by atoms with E-state index in [1.54, 1.807) is 38.1 Å². The van der Waals surface area contributed by atoms with Crippen molar-refractivity contribution < 1.29 is 24.3 Å². The number of hydrogen-bond donors (Lipinski definition) is 2. The fourth-order valence-electron chi connectivity index (χ4n) is 5.25. The van der Waals surface area contributed by atoms with E-state index >= 15 is 0 Å². The van der Waals surface area contributed by atoms with Gasteiger partial charge in [0.05, 0.1) is 12.5 Å². The number of nitrogens with one attached hydrogen (secondary N) is 1. The minimum Gasteiger partial charge on any atom is -0.481 e. The minimum absolute atomic E-state index is 0.0338. The molecule has 3 aromatic carbocycles. The highest BCUT2D eigenvalue weighted by atomic mass is 35.5. The number of aliphatic carboxylic acids is 1. The Morgan fingerprint density at radius 3 is 2.07 bits per heavy atom. The summed E-state index contributed by atoms with van der Waals surface area (Å²) in [6.07, 6.45) is 3.87. The van der Waals surface area contributed by atoms with E-state index in [1.807, 2.05) is 80.6 Å². The Kier molecular flexibility index (Phi) is 10.3. The Morgan fingerprint density at radius 1 is 0.909 bits per heavy atom. The summed E-state index contributed by atoms with van der Waals surface area (Å²) in [6, 6.07) is 21.7. The van der Waals surface area contributed by atoms with E-state index in [1.165, 1.54) is 4.90 Å². The average molecular weight is 616 g/mol. The van der Waals surface area contributed by atoms with Crippen LogP contribution in [-0.2, 0) is 20.9 Å². The van der Waals surface area contributed by atoms with Crippen LogP contribution in [0.4, 0.5) is 4.79 Å². The van der Waals surface area contributed by atoms with E-state index in [0.29, 0.717) is 10.6 Å². The predicted octanol–water partition coefficient (Wildman–Crippen LogP) is 6.80. The quantitative estimate of drug-likeness (QED) is 0.172. The topological polar surface area (TPSA) is 107 Å². The van der Waals surface area contributed by atoms with Gasteiger partial charge in [0.25, 0.3) is 5.91 Å². The summed E-state index contributed by atoms with van der Waals surface area (Å²) in [6.45, 7) is 7.33. The molecule has 2 atom stereocenters. The summed E-state index contributed by atoms with van der Waals surface area (Å²) in [4.78, 5) is 55.6. The van der Waals surface area contributed by atoms with Gasteiger partial charge >= 0.3 is 12.0 Å². The van der Waals surface area contributed by atoms with Crippen molar-refractivity contribution in [1.82, 2.24) is 15.1 Å². The Morgan fingerprint density at radius 2 is 1.50 bits per heavy atom. The SMILES string of the molecule is CC(C)CC(C(=O)NC(CC(=O)O)c1ccc(Cl)cc1)N1C(=O)N(Cc2ccc(/C=C/c3ccccc3)cc2)C(C)(C)C1=O. The highest BCUT2D eigenvalue weighted by Crippen LogP contribution is 2.33. The molecule has 0 aromatic heterocycles. The number of carbonyl (C=O) groups excluding carboxylic acids is 3. The second-order valence-electron chi connectivity index (χ2n) is 11.9. The smallest absolute Gasteiger partial charge is 0.328 e. The fraction of sp³-hybridized carbons (Fsp3) is 0.314. The second kappa shape index (κ2) is 13.9. The van der Waals surface area contributed by atoms with Crippen molar-refractivity contribution in [3.63, 3.8) is 0 Å². The first-order valence-corrected chi connectivity index (χ1v) is 15.0. The van der Waals surface area contributed by atoms with E-state index in [9.17, 15) is 24.3 Å². The molecule has 1 fully saturated rings. The van der Waals surface area contributed by atoms with Crippen LogP contribution in [0.3, 0.4) is 0 Å². The van der Waals surface area contributed by atoms with Gasteiger partial charge < -0.3 is 15.3 Å². The maximum absolute atomic E-state index is 13.9. The molecule has 2 N–H and O–H groups in total. The van der Waals surface area contributed by atoms with E-state index in [0.717, 1.165) is 21.6 Å². The zero-order valence-corrected chi connectivity index (χ0v) is 26.1. The summed E-state index contributed by atoms with van der Waals surface area (Å²) in [5.41, 5.74) is 2.27. The number of rotatable bonds is 12. The first-order valence-electron chi connectivity index (χ1n) is 14.6. The van der Waals surface area contributed by atoms with Crippen molar-refractivity contribution in [2.24, 2.45) is 5.92 Å². The van der Waals surface area contributed by atoms with Gasteiger partial charge in [0.2, 0.25) is 5.91 Å². The Hall–Kier alpha value is -4.43. The standard InChI is InChI=1S/C35H38ClN3O5/c1-23(2)20-30(32(42)37-29(21-31(40)41)27-16-18-28(36)19-17-27)39-33(43)35(3,4)38(34(39)44)22-26-14-12-25(13-15-26)11-10-24-8-6-5-7-9-24/h5-19,23,29-30H,20-22H2,1-4H3,(H,37,42)(H,40,41)/b11-10+. The largest absolute Gasteiger partial charge is 0.481 e. The molecular formula is C35H38ClN3O5. The third kappa shape index (κ3) is 7.74. The summed E-state index contributed by atoms with van der Waals surface area (Å²) in [5.74, 6) is -2.21. The molecule has 4 amide bonds. The van der Waals surface area contributed by atoms with Gasteiger partial charge in [0.15, 0.2) is 0 Å². The van der Waals surface area contributed by atoms with Crippen LogP contribution in [0, 0.1) is 5.92 Å². The first-order chi connectivity index (χ1) is 20.9. The van der Waals surface area contributed by atoms with Crippen LogP contribution < -0.4 is 5.32 Å². The lowest BCUT2D eigenvalue weighted by Crippen LogP contribution is -2.52. The lowest BCUT2D eigenvalue weighted by Gasteiger charge is -2.29. The van der Waals surface area contributed by atoms with Gasteiger partial charge in [-0.25, -0.2) is 9.69 Å². The molecule has 0 spiro atoms. The van der Waals surface area contributed by atoms with Crippen molar-refractivity contribution in [3.05, 3.63) is 106 Å². The predicted molar refractivity (Wildman–Crippen MR) is 172 cm³/mol. The molecule has 1 heterocycles. The van der Waals surface area contributed by atoms with Gasteiger partial charge in [-0.3, -0.25) is 14.4 Å². The molecule has 2 unspecified atom stereocenters. The number of carbonyl (C=O) groups is 4. The molecule has 9 heteroatoms. The van der Waals surface area contributed by atoms with Crippen molar-refractivity contribution in [2.45, 2.75) is 64.7 Å². The van der Waals surface area contributed by atoms with E-state index < -0.39 is 41.4 Å². The van der Waals surface area contributed by atoms with E-state index in [4.69, 9.17) is 11.6 Å². The van der Waals surface area contributed by atoms with Gasteiger partial charge in [0, 0.05) is 11.6 Å². The monoisotopic (exact) mass is 615 g/mol. The molecule has 1 aliphatic rings. The van der Waals surface area contributed by atoms with Gasteiger partial charge in [-0.05, 0) is 60.6 Å². The third-order valence-corrected chi connectivity index (χ3v) is 7.97. The van der Waals surface area contributed by atoms with Gasteiger partial charge in [-0.15, -0.1) is 0 Å². The molecule has 8 nitrogen and oxygen atoms in total. The number of halogens is 1. The van der Waals surface area contributed by atoms with Crippen LogP contribution in [0.25, 0.3) is 12.2 Å². The first kappa shape index (κ1) is 32.5. The molecule has 44 heavy (non-hydrogen) atoms. The molecule has 0 radical (unpaired) electrons. The van der Waals surface area contributed by atoms with Crippen LogP contribution in [0.5, 0.6) is 0 Å². The lowest BCUT2D eigenvalue weighted by molar-refractivity contribution is -0.140. The Balaban J connectivity index is 1.55. The lowest BCUT2D eigenvalue weighted by atomic mass is 9.98. The van der Waals surface area contributed by atoms with E-state index in [-0.39, 0.29) is 25.3 Å². The molecule has 1 saturated heterocycles. The fourth-order valence-corrected chi connectivity index (χ4v) is 5.37. The summed E-state index contributed by atoms with van der Waals surface area (Å²) < 4.78 is 0. The Labute approximate surface area is 263 Å². The molecule has 1 aliphatic heterocycles. The highest BCUT2D eigenvalue weighted by molar-refractivity contribution is 6.30. The highest BCUT2D eigenvalue weighted by Gasteiger charge is 2.54. The summed E-state index contributed by atoms with van der Waals surface area (Å²) in [5, 5.41) is 12.8. The number of amides is 4. The number of carboxylic acids is 1. The van der Waals surface area contributed by atoms with Crippen LogP contribution in [0.2, 0.25) is 5.02 Å². The normalized spacial score (nSPS) is 16.0. The van der Waals surface area contributed by atoms with Crippen molar-refractivity contribution in [1.29, 1.82) is 0 Å². The summed E-state index contributed by atoms with van der Waals surface area (Å²) >= 11 is 6.00. The van der Waals surface area contributed by atoms with Crippen LogP contribution in [-0.4, -0.2) is 50.3 Å². The van der Waals surface area contributed by atoms with E-state index in [2.05, 4.69) is 5.32 Å². The second-order valence-corrected chi connectivity index (χ2v) is 12.4. The van der Waals surface area contributed by atoms with Crippen molar-refractivity contribution >= 4 is 47.6 Å². The number of urea groups is 1. The molecular weight excluding hydrogens is 578 g/mol. The molecule has 0 saturated carbocycles. The minimum atomic E-state index is -1.20. The molecule has 230 valence electrons. The van der Waals surface area contributed by atoms with Gasteiger partial charge in [0.1, 0.15) is 11.6 Å². The van der Waals surface area contributed by atoms with Crippen LogP contribution >= 0.6 is 11.6 Å². The van der Waals surface area contributed by atoms with Crippen molar-refractivity contribution in [2.75, 3.05) is 0 Å². The van der Waals surface area contributed by atoms with Crippen LogP contribution in [0.1, 0.15) is 68.8 Å². The molecule has 3 aromatic rings. The van der Waals surface area contributed by atoms with Crippen molar-refractivity contribution in [3.8, 4) is 0 Å². The zero-order chi connectivity index (χ0) is 32.0. The zero-order valence-electron chi connectivity index (χ0n) is 25.4. The van der Waals surface area contributed by atoms with Crippen LogP contribution in [0.15, 0.2) is 78.9 Å². The summed E-state index contributed by atoms with van der Waals surface area (Å²) in [7, 11) is 0. The van der Waals surface area contributed by atoms with Gasteiger partial charge in [-0.1, -0.05) is 104 Å². The average Bonchev–Trinajstić information content (AvgIpc) is 3.14. The third-order valence-electron chi connectivity index (χ3n) is 7.72.